The Bertz CT molecular complexity index is 716. The molecule has 0 aromatic heterocycles. The van der Waals surface area contributed by atoms with Crippen LogP contribution in [0, 0.1) is 0 Å². The van der Waals surface area contributed by atoms with Crippen molar-refractivity contribution in [2.75, 3.05) is 0 Å². The van der Waals surface area contributed by atoms with E-state index < -0.39 is 5.97 Å². The lowest BCUT2D eigenvalue weighted by Crippen LogP contribution is -1.98. The van der Waals surface area contributed by atoms with Crippen LogP contribution in [0.15, 0.2) is 42.5 Å². The fourth-order valence-corrected chi connectivity index (χ4v) is 2.70. The summed E-state index contributed by atoms with van der Waals surface area (Å²) in [6.07, 6.45) is 4.01. The predicted molar refractivity (Wildman–Crippen MR) is 72.5 cm³/mol. The molecule has 94 valence electrons. The fourth-order valence-electron chi connectivity index (χ4n) is 2.70. The molecule has 0 bridgehead atoms. The molecule has 0 heterocycles. The van der Waals surface area contributed by atoms with Gasteiger partial charge in [0, 0.05) is 11.6 Å². The van der Waals surface area contributed by atoms with E-state index in [4.69, 9.17) is 5.11 Å². The van der Waals surface area contributed by atoms with Gasteiger partial charge in [0.2, 0.25) is 0 Å². The van der Waals surface area contributed by atoms with E-state index >= 15 is 0 Å². The largest absolute Gasteiger partial charge is 0.478 e. The topological polar surface area (TPSA) is 54.4 Å². The highest BCUT2D eigenvalue weighted by atomic mass is 16.4. The minimum Gasteiger partial charge on any atom is -0.478 e. The molecular formula is C16H12O3. The molecule has 1 aliphatic carbocycles. The van der Waals surface area contributed by atoms with Crippen molar-refractivity contribution in [2.45, 2.75) is 12.8 Å². The van der Waals surface area contributed by atoms with Crippen molar-refractivity contribution in [1.82, 2.24) is 0 Å². The van der Waals surface area contributed by atoms with E-state index in [1.165, 1.54) is 11.1 Å². The minimum atomic E-state index is -1.11. The Morgan fingerprint density at radius 3 is 2.47 bits per heavy atom. The molecule has 2 aromatic rings. The van der Waals surface area contributed by atoms with Gasteiger partial charge in [-0.2, -0.15) is 0 Å². The van der Waals surface area contributed by atoms with Gasteiger partial charge in [-0.1, -0.05) is 30.3 Å². The molecular weight excluding hydrogens is 240 g/mol. The zero-order chi connectivity index (χ0) is 13.4. The third kappa shape index (κ3) is 1.93. The summed E-state index contributed by atoms with van der Waals surface area (Å²) in [7, 11) is 0. The van der Waals surface area contributed by atoms with E-state index in [-0.39, 0.29) is 5.78 Å². The third-order valence-corrected chi connectivity index (χ3v) is 3.52. The molecule has 3 heteroatoms. The number of rotatable bonds is 3. The van der Waals surface area contributed by atoms with Gasteiger partial charge in [-0.25, -0.2) is 4.79 Å². The van der Waals surface area contributed by atoms with Crippen LogP contribution in [0.4, 0.5) is 0 Å². The number of hydrogen-bond acceptors (Lipinski definition) is 2. The van der Waals surface area contributed by atoms with E-state index in [1.807, 2.05) is 18.2 Å². The van der Waals surface area contributed by atoms with Gasteiger partial charge >= 0.3 is 5.97 Å². The van der Waals surface area contributed by atoms with Gasteiger partial charge in [0.25, 0.3) is 0 Å². The number of allylic oxidation sites excluding steroid dienone is 1. The van der Waals surface area contributed by atoms with Crippen molar-refractivity contribution in [3.63, 3.8) is 0 Å². The van der Waals surface area contributed by atoms with Crippen molar-refractivity contribution < 1.29 is 14.7 Å². The Morgan fingerprint density at radius 2 is 1.74 bits per heavy atom. The molecule has 0 amide bonds. The second kappa shape index (κ2) is 4.35. The van der Waals surface area contributed by atoms with Crippen molar-refractivity contribution >= 4 is 22.5 Å². The summed E-state index contributed by atoms with van der Waals surface area (Å²) >= 11 is 0. The highest BCUT2D eigenvalue weighted by Crippen LogP contribution is 2.32. The summed E-state index contributed by atoms with van der Waals surface area (Å²) in [5.74, 6) is -1.38. The van der Waals surface area contributed by atoms with Crippen LogP contribution < -0.4 is 0 Å². The van der Waals surface area contributed by atoms with Crippen LogP contribution in [-0.2, 0) is 17.6 Å². The molecule has 0 spiro atoms. The molecule has 3 rings (SSSR count). The number of benzene rings is 2. The fraction of sp³-hybridized carbons (Fsp3) is 0.125. The Labute approximate surface area is 110 Å². The van der Waals surface area contributed by atoms with Crippen LogP contribution in [0.3, 0.4) is 0 Å². The number of hydrogen-bond donors (Lipinski definition) is 1. The summed E-state index contributed by atoms with van der Waals surface area (Å²) in [5.41, 5.74) is 3.11. The lowest BCUT2D eigenvalue weighted by molar-refractivity contribution is -0.131. The summed E-state index contributed by atoms with van der Waals surface area (Å²) in [6, 6.07) is 9.72. The first-order chi connectivity index (χ1) is 9.16. The Balaban J connectivity index is 2.16. The molecule has 1 aliphatic rings. The average molecular weight is 252 g/mol. The zero-order valence-electron chi connectivity index (χ0n) is 10.2. The summed E-state index contributed by atoms with van der Waals surface area (Å²) in [4.78, 5) is 22.5. The monoisotopic (exact) mass is 252 g/mol. The van der Waals surface area contributed by atoms with Crippen molar-refractivity contribution in [1.29, 1.82) is 0 Å². The number of carboxylic acid groups (broad SMARTS) is 1. The lowest BCUT2D eigenvalue weighted by atomic mass is 9.97. The first kappa shape index (κ1) is 11.7. The summed E-state index contributed by atoms with van der Waals surface area (Å²) in [6.45, 7) is 0. The standard InChI is InChI=1S/C16H12O3/c17-14(8-9-15(18)19)12-7-6-11-5-4-10-2-1-3-13(12)16(10)11/h1-3,6-9H,4-5H2,(H,18,19)/b9-8+. The van der Waals surface area contributed by atoms with Crippen LogP contribution in [-0.4, -0.2) is 16.9 Å². The van der Waals surface area contributed by atoms with Crippen molar-refractivity contribution in [3.05, 3.63) is 59.2 Å². The molecule has 3 nitrogen and oxygen atoms in total. The SMILES string of the molecule is O=C(O)/C=C/C(=O)c1ccc2c3c(cccc13)CC2. The van der Waals surface area contributed by atoms with E-state index in [9.17, 15) is 9.59 Å². The lowest BCUT2D eigenvalue weighted by Gasteiger charge is -2.06. The number of ketones is 1. The Kier molecular flexibility index (Phi) is 2.67. The molecule has 2 aromatic carbocycles. The first-order valence-corrected chi connectivity index (χ1v) is 6.15. The smallest absolute Gasteiger partial charge is 0.328 e. The second-order valence-corrected chi connectivity index (χ2v) is 4.65. The van der Waals surface area contributed by atoms with Crippen molar-refractivity contribution in [2.24, 2.45) is 0 Å². The van der Waals surface area contributed by atoms with E-state index in [0.717, 1.165) is 35.8 Å². The normalized spacial score (nSPS) is 13.3. The van der Waals surface area contributed by atoms with Gasteiger partial charge < -0.3 is 5.11 Å². The van der Waals surface area contributed by atoms with Crippen LogP contribution >= 0.6 is 0 Å². The number of carbonyl (C=O) groups is 2. The highest BCUT2D eigenvalue weighted by Gasteiger charge is 2.17. The van der Waals surface area contributed by atoms with Gasteiger partial charge in [-0.3, -0.25) is 4.79 Å². The molecule has 0 fully saturated rings. The van der Waals surface area contributed by atoms with Crippen LogP contribution in [0.5, 0.6) is 0 Å². The molecule has 19 heavy (non-hydrogen) atoms. The Morgan fingerprint density at radius 1 is 1.00 bits per heavy atom. The van der Waals surface area contributed by atoms with E-state index in [1.54, 1.807) is 6.07 Å². The molecule has 0 radical (unpaired) electrons. The molecule has 0 aliphatic heterocycles. The van der Waals surface area contributed by atoms with E-state index in [0.29, 0.717) is 5.56 Å². The molecule has 0 atom stereocenters. The molecule has 0 unspecified atom stereocenters. The maximum absolute atomic E-state index is 12.1. The maximum Gasteiger partial charge on any atom is 0.328 e. The van der Waals surface area contributed by atoms with Gasteiger partial charge in [-0.05, 0) is 40.8 Å². The number of carbonyl (C=O) groups excluding carboxylic acids is 1. The minimum absolute atomic E-state index is 0.266. The van der Waals surface area contributed by atoms with E-state index in [2.05, 4.69) is 6.07 Å². The van der Waals surface area contributed by atoms with Crippen LogP contribution in [0.25, 0.3) is 10.8 Å². The number of aryl methyl sites for hydroxylation is 2. The second-order valence-electron chi connectivity index (χ2n) is 4.65. The van der Waals surface area contributed by atoms with Gasteiger partial charge in [0.05, 0.1) is 0 Å². The molecule has 0 saturated carbocycles. The maximum atomic E-state index is 12.1. The molecule has 0 saturated heterocycles. The van der Waals surface area contributed by atoms with Crippen molar-refractivity contribution in [3.8, 4) is 0 Å². The first-order valence-electron chi connectivity index (χ1n) is 6.15. The van der Waals surface area contributed by atoms with Gasteiger partial charge in [0.1, 0.15) is 0 Å². The van der Waals surface area contributed by atoms with Gasteiger partial charge in [-0.15, -0.1) is 0 Å². The van der Waals surface area contributed by atoms with Crippen LogP contribution in [0.1, 0.15) is 21.5 Å². The summed E-state index contributed by atoms with van der Waals surface area (Å²) in [5, 5.41) is 10.7. The summed E-state index contributed by atoms with van der Waals surface area (Å²) < 4.78 is 0. The Hall–Kier alpha value is -2.42. The number of carboxylic acids is 1. The average Bonchev–Trinajstić information content (AvgIpc) is 2.82. The third-order valence-electron chi connectivity index (χ3n) is 3.52. The van der Waals surface area contributed by atoms with Gasteiger partial charge in [0.15, 0.2) is 5.78 Å². The number of aliphatic carboxylic acids is 1. The molecule has 1 N–H and O–H groups in total. The van der Waals surface area contributed by atoms with Crippen LogP contribution in [0.2, 0.25) is 0 Å². The highest BCUT2D eigenvalue weighted by molar-refractivity contribution is 6.15. The predicted octanol–water partition coefficient (Wildman–Crippen LogP) is 2.76. The quantitative estimate of drug-likeness (QED) is 0.675. The zero-order valence-corrected chi connectivity index (χ0v) is 10.2.